The van der Waals surface area contributed by atoms with E-state index in [1.807, 2.05) is 18.2 Å². The van der Waals surface area contributed by atoms with Crippen LogP contribution in [-0.4, -0.2) is 0 Å². The van der Waals surface area contributed by atoms with Gasteiger partial charge < -0.3 is 4.90 Å². The van der Waals surface area contributed by atoms with Gasteiger partial charge in [0.15, 0.2) is 0 Å². The van der Waals surface area contributed by atoms with Crippen LogP contribution in [0.15, 0.2) is 90.6 Å². The molecule has 0 N–H and O–H groups in total. The van der Waals surface area contributed by atoms with Gasteiger partial charge in [0.2, 0.25) is 0 Å². The summed E-state index contributed by atoms with van der Waals surface area (Å²) in [7, 11) is 0. The lowest BCUT2D eigenvalue weighted by Crippen LogP contribution is -2.16. The van der Waals surface area contributed by atoms with Gasteiger partial charge in [0.05, 0.1) is 12.6 Å². The monoisotopic (exact) mass is 459 g/mol. The summed E-state index contributed by atoms with van der Waals surface area (Å²) in [6, 6.07) is 31.6. The standard InChI is InChI=1S/C29H21N3S.CH4/c1-29(2)26-17-23(32(21-10-6-4-7-11-21)22-12-8-5-9-13-22)14-15-25(26)28-27(29)18-24(33-28)16-20(19-30)31-3;/h4-18H,1-2H3;1H4/b20-16-;. The van der Waals surface area contributed by atoms with Crippen LogP contribution in [0.5, 0.6) is 0 Å². The molecule has 0 aliphatic heterocycles. The average Bonchev–Trinajstić information content (AvgIpc) is 3.36. The van der Waals surface area contributed by atoms with E-state index in [-0.39, 0.29) is 18.5 Å². The number of fused-ring (bicyclic) bond motifs is 3. The van der Waals surface area contributed by atoms with E-state index in [2.05, 4.69) is 96.4 Å². The minimum absolute atomic E-state index is 0. The first-order chi connectivity index (χ1) is 16.0. The van der Waals surface area contributed by atoms with E-state index < -0.39 is 0 Å². The average molecular weight is 460 g/mol. The molecule has 1 aromatic heterocycles. The zero-order chi connectivity index (χ0) is 23.0. The first kappa shape index (κ1) is 23.1. The molecular weight excluding hydrogens is 434 g/mol. The Bertz CT molecular complexity index is 1390. The molecule has 166 valence electrons. The van der Waals surface area contributed by atoms with E-state index in [1.165, 1.54) is 21.6 Å². The van der Waals surface area contributed by atoms with E-state index in [9.17, 15) is 0 Å². The van der Waals surface area contributed by atoms with Crippen molar-refractivity contribution in [1.29, 1.82) is 5.26 Å². The Hall–Kier alpha value is -4.12. The molecule has 0 bridgehead atoms. The van der Waals surface area contributed by atoms with Crippen molar-refractivity contribution >= 4 is 34.5 Å². The molecule has 4 aromatic rings. The molecule has 1 aliphatic rings. The number of benzene rings is 3. The molecule has 0 unspecified atom stereocenters. The summed E-state index contributed by atoms with van der Waals surface area (Å²) in [5.74, 6) is 0. The number of thiophene rings is 1. The molecule has 4 heteroatoms. The van der Waals surface area contributed by atoms with Crippen molar-refractivity contribution in [3.05, 3.63) is 118 Å². The van der Waals surface area contributed by atoms with Gasteiger partial charge in [-0.1, -0.05) is 63.7 Å². The maximum atomic E-state index is 9.13. The van der Waals surface area contributed by atoms with Crippen molar-refractivity contribution < 1.29 is 0 Å². The molecule has 5 rings (SSSR count). The zero-order valence-corrected chi connectivity index (χ0v) is 19.2. The molecule has 0 fully saturated rings. The van der Waals surface area contributed by atoms with Gasteiger partial charge in [-0.15, -0.1) is 11.3 Å². The molecule has 1 aliphatic carbocycles. The van der Waals surface area contributed by atoms with Crippen molar-refractivity contribution in [1.82, 2.24) is 0 Å². The van der Waals surface area contributed by atoms with Crippen LogP contribution in [0.3, 0.4) is 0 Å². The number of nitriles is 1. The van der Waals surface area contributed by atoms with E-state index >= 15 is 0 Å². The lowest BCUT2D eigenvalue weighted by Gasteiger charge is -2.28. The number of allylic oxidation sites excluding steroid dienone is 1. The fourth-order valence-electron chi connectivity index (χ4n) is 4.50. The summed E-state index contributed by atoms with van der Waals surface area (Å²) < 4.78 is 0. The second-order valence-corrected chi connectivity index (χ2v) is 9.59. The Labute approximate surface area is 205 Å². The lowest BCUT2D eigenvalue weighted by molar-refractivity contribution is 0.662. The molecule has 0 saturated heterocycles. The van der Waals surface area contributed by atoms with Gasteiger partial charge >= 0.3 is 0 Å². The van der Waals surface area contributed by atoms with Gasteiger partial charge in [0.1, 0.15) is 0 Å². The lowest BCUT2D eigenvalue weighted by atomic mass is 9.82. The van der Waals surface area contributed by atoms with Crippen molar-refractivity contribution in [2.45, 2.75) is 26.7 Å². The number of rotatable bonds is 4. The van der Waals surface area contributed by atoms with Crippen molar-refractivity contribution in [2.75, 3.05) is 4.90 Å². The van der Waals surface area contributed by atoms with Crippen LogP contribution in [0, 0.1) is 17.9 Å². The second-order valence-electron chi connectivity index (χ2n) is 8.51. The van der Waals surface area contributed by atoms with Crippen LogP contribution in [0.25, 0.3) is 21.4 Å². The summed E-state index contributed by atoms with van der Waals surface area (Å²) in [6.45, 7) is 11.7. The molecule has 0 saturated carbocycles. The Balaban J connectivity index is 0.00000274. The molecule has 34 heavy (non-hydrogen) atoms. The predicted octanol–water partition coefficient (Wildman–Crippen LogP) is 8.94. The van der Waals surface area contributed by atoms with Gasteiger partial charge in [-0.2, -0.15) is 0 Å². The molecule has 1 heterocycles. The van der Waals surface area contributed by atoms with Gasteiger partial charge in [-0.05, 0) is 65.2 Å². The van der Waals surface area contributed by atoms with Gasteiger partial charge in [-0.3, -0.25) is 0 Å². The summed E-state index contributed by atoms with van der Waals surface area (Å²) in [4.78, 5) is 7.76. The van der Waals surface area contributed by atoms with Crippen molar-refractivity contribution in [2.24, 2.45) is 0 Å². The highest BCUT2D eigenvalue weighted by molar-refractivity contribution is 7.16. The summed E-state index contributed by atoms with van der Waals surface area (Å²) in [5.41, 5.74) is 7.06. The minimum Gasteiger partial charge on any atom is -0.310 e. The van der Waals surface area contributed by atoms with E-state index in [1.54, 1.807) is 17.4 Å². The van der Waals surface area contributed by atoms with Crippen molar-refractivity contribution in [3.8, 4) is 16.5 Å². The third kappa shape index (κ3) is 3.79. The molecule has 0 amide bonds. The first-order valence-corrected chi connectivity index (χ1v) is 11.5. The maximum Gasteiger partial charge on any atom is 0.263 e. The Kier molecular flexibility index (Phi) is 6.12. The summed E-state index contributed by atoms with van der Waals surface area (Å²) >= 11 is 1.65. The Morgan fingerprint density at radius 2 is 1.53 bits per heavy atom. The summed E-state index contributed by atoms with van der Waals surface area (Å²) in [5, 5.41) is 9.13. The highest BCUT2D eigenvalue weighted by atomic mass is 32.1. The smallest absolute Gasteiger partial charge is 0.263 e. The molecule has 0 spiro atoms. The van der Waals surface area contributed by atoms with Gasteiger partial charge in [0.25, 0.3) is 5.70 Å². The zero-order valence-electron chi connectivity index (χ0n) is 18.4. The maximum absolute atomic E-state index is 9.13. The third-order valence-electron chi connectivity index (χ3n) is 6.15. The molecular formula is C30H25N3S. The Morgan fingerprint density at radius 3 is 2.09 bits per heavy atom. The minimum atomic E-state index is -0.173. The van der Waals surface area contributed by atoms with Crippen LogP contribution in [0.4, 0.5) is 17.1 Å². The SMILES string of the molecule is C.[C-]#[N+]/C(C#N)=C\c1cc2c(s1)-c1ccc(N(c3ccccc3)c3ccccc3)cc1C2(C)C. The molecule has 3 aromatic carbocycles. The van der Waals surface area contributed by atoms with E-state index in [0.717, 1.165) is 21.9 Å². The third-order valence-corrected chi connectivity index (χ3v) is 7.26. The number of para-hydroxylation sites is 2. The number of anilines is 3. The Morgan fingerprint density at radius 1 is 0.912 bits per heavy atom. The fraction of sp³-hybridized carbons (Fsp3) is 0.133. The molecule has 3 nitrogen and oxygen atoms in total. The number of hydrogen-bond acceptors (Lipinski definition) is 3. The van der Waals surface area contributed by atoms with Gasteiger partial charge in [-0.25, -0.2) is 10.1 Å². The number of nitrogens with zero attached hydrogens (tertiary/aromatic N) is 3. The van der Waals surface area contributed by atoms with E-state index in [0.29, 0.717) is 0 Å². The first-order valence-electron chi connectivity index (χ1n) is 10.7. The van der Waals surface area contributed by atoms with Crippen LogP contribution in [0.1, 0.15) is 37.3 Å². The predicted molar refractivity (Wildman–Crippen MR) is 143 cm³/mol. The quantitative estimate of drug-likeness (QED) is 0.225. The molecule has 0 radical (unpaired) electrons. The largest absolute Gasteiger partial charge is 0.310 e. The van der Waals surface area contributed by atoms with Crippen molar-refractivity contribution in [3.63, 3.8) is 0 Å². The fourth-order valence-corrected chi connectivity index (χ4v) is 5.80. The summed E-state index contributed by atoms with van der Waals surface area (Å²) in [6.07, 6.45) is 1.69. The van der Waals surface area contributed by atoms with Crippen LogP contribution in [0.2, 0.25) is 0 Å². The number of hydrogen-bond donors (Lipinski definition) is 0. The van der Waals surface area contributed by atoms with Crippen LogP contribution in [-0.2, 0) is 5.41 Å². The van der Waals surface area contributed by atoms with E-state index in [4.69, 9.17) is 11.8 Å². The van der Waals surface area contributed by atoms with Crippen LogP contribution < -0.4 is 4.90 Å². The van der Waals surface area contributed by atoms with Gasteiger partial charge in [0, 0.05) is 32.2 Å². The second kappa shape index (κ2) is 9.02. The topological polar surface area (TPSA) is 31.4 Å². The highest BCUT2D eigenvalue weighted by Gasteiger charge is 2.37. The molecule has 0 atom stereocenters. The van der Waals surface area contributed by atoms with Crippen LogP contribution >= 0.6 is 11.3 Å². The normalized spacial score (nSPS) is 13.1. The highest BCUT2D eigenvalue weighted by Crippen LogP contribution is 2.54.